The molecule has 2 aromatic carbocycles. The summed E-state index contributed by atoms with van der Waals surface area (Å²) in [5.74, 6) is -0.444. The van der Waals surface area contributed by atoms with Gasteiger partial charge >= 0.3 is 0 Å². The second-order valence-corrected chi connectivity index (χ2v) is 7.79. The van der Waals surface area contributed by atoms with E-state index in [2.05, 4.69) is 0 Å². The minimum Gasteiger partial charge on any atom is -0.508 e. The van der Waals surface area contributed by atoms with Crippen LogP contribution >= 0.6 is 0 Å². The molecule has 3 rings (SSSR count). The first-order valence-electron chi connectivity index (χ1n) is 7.95. The van der Waals surface area contributed by atoms with Crippen molar-refractivity contribution >= 4 is 15.9 Å². The van der Waals surface area contributed by atoms with Crippen molar-refractivity contribution in [3.63, 3.8) is 0 Å². The fourth-order valence-electron chi connectivity index (χ4n) is 2.77. The summed E-state index contributed by atoms with van der Waals surface area (Å²) in [6.07, 6.45) is 1.73. The minimum absolute atomic E-state index is 0.0742. The van der Waals surface area contributed by atoms with E-state index in [1.165, 1.54) is 22.5 Å². The lowest BCUT2D eigenvalue weighted by molar-refractivity contribution is -0.125. The van der Waals surface area contributed by atoms with E-state index in [1.54, 1.807) is 41.9 Å². The van der Waals surface area contributed by atoms with Gasteiger partial charge in [0.1, 0.15) is 5.75 Å². The maximum absolute atomic E-state index is 12.7. The predicted octanol–water partition coefficient (Wildman–Crippen LogP) is 1.89. The van der Waals surface area contributed by atoms with E-state index < -0.39 is 15.9 Å². The molecular weight excluding hydrogens is 356 g/mol. The molecular formula is C18H18N2O5S. The van der Waals surface area contributed by atoms with E-state index in [0.29, 0.717) is 5.57 Å². The van der Waals surface area contributed by atoms with Gasteiger partial charge in [0.15, 0.2) is 0 Å². The topological polar surface area (TPSA) is 107 Å². The molecule has 3 N–H and O–H groups in total. The van der Waals surface area contributed by atoms with Gasteiger partial charge in [-0.05, 0) is 41.8 Å². The molecule has 1 amide bonds. The van der Waals surface area contributed by atoms with E-state index in [-0.39, 0.29) is 30.2 Å². The van der Waals surface area contributed by atoms with Gasteiger partial charge in [0.2, 0.25) is 10.0 Å². The summed E-state index contributed by atoms with van der Waals surface area (Å²) in [6.45, 7) is 0.242. The van der Waals surface area contributed by atoms with Crippen molar-refractivity contribution in [2.24, 2.45) is 0 Å². The van der Waals surface area contributed by atoms with Crippen LogP contribution in [0.1, 0.15) is 6.42 Å². The van der Waals surface area contributed by atoms with Crippen LogP contribution < -0.4 is 5.48 Å². The first kappa shape index (κ1) is 18.1. The summed E-state index contributed by atoms with van der Waals surface area (Å²) in [7, 11) is -3.67. The van der Waals surface area contributed by atoms with Crippen LogP contribution in [0.25, 0.3) is 11.1 Å². The largest absolute Gasteiger partial charge is 0.508 e. The molecule has 0 spiro atoms. The number of phenols is 1. The van der Waals surface area contributed by atoms with E-state index in [4.69, 9.17) is 5.21 Å². The fourth-order valence-corrected chi connectivity index (χ4v) is 4.15. The molecule has 0 bridgehead atoms. The number of hydrogen-bond acceptors (Lipinski definition) is 5. The second-order valence-electron chi connectivity index (χ2n) is 5.85. The third-order valence-corrected chi connectivity index (χ3v) is 6.14. The average molecular weight is 374 g/mol. The Kier molecular flexibility index (Phi) is 5.08. The van der Waals surface area contributed by atoms with Gasteiger partial charge in [-0.2, -0.15) is 4.31 Å². The third kappa shape index (κ3) is 3.62. The van der Waals surface area contributed by atoms with Crippen LogP contribution in [0.15, 0.2) is 65.1 Å². The fraction of sp³-hybridized carbons (Fsp3) is 0.167. The number of amides is 1. The van der Waals surface area contributed by atoms with Crippen molar-refractivity contribution in [3.05, 3.63) is 60.2 Å². The molecule has 136 valence electrons. The number of sulfonamides is 1. The molecule has 0 saturated heterocycles. The highest BCUT2D eigenvalue weighted by atomic mass is 32.2. The molecule has 0 aliphatic carbocycles. The molecule has 0 saturated carbocycles. The van der Waals surface area contributed by atoms with Crippen molar-refractivity contribution < 1.29 is 23.5 Å². The van der Waals surface area contributed by atoms with Gasteiger partial charge in [-0.25, -0.2) is 13.9 Å². The zero-order valence-electron chi connectivity index (χ0n) is 13.8. The first-order valence-corrected chi connectivity index (χ1v) is 9.39. The third-order valence-electron chi connectivity index (χ3n) is 4.26. The highest BCUT2D eigenvalue weighted by molar-refractivity contribution is 7.89. The predicted molar refractivity (Wildman–Crippen MR) is 94.9 cm³/mol. The lowest BCUT2D eigenvalue weighted by Gasteiger charge is -2.25. The van der Waals surface area contributed by atoms with Crippen molar-refractivity contribution in [1.82, 2.24) is 9.79 Å². The maximum Gasteiger partial charge on any atom is 0.270 e. The van der Waals surface area contributed by atoms with Crippen LogP contribution in [0.4, 0.5) is 0 Å². The summed E-state index contributed by atoms with van der Waals surface area (Å²) >= 11 is 0. The first-order chi connectivity index (χ1) is 12.4. The van der Waals surface area contributed by atoms with Crippen molar-refractivity contribution in [3.8, 4) is 16.9 Å². The van der Waals surface area contributed by atoms with E-state index in [0.717, 1.165) is 11.1 Å². The Morgan fingerprint density at radius 3 is 2.08 bits per heavy atom. The maximum atomic E-state index is 12.7. The Morgan fingerprint density at radius 2 is 1.58 bits per heavy atom. The van der Waals surface area contributed by atoms with E-state index in [9.17, 15) is 18.3 Å². The number of aromatic hydroxyl groups is 1. The molecule has 8 heteroatoms. The molecule has 1 heterocycles. The van der Waals surface area contributed by atoms with Crippen LogP contribution in [0.5, 0.6) is 5.75 Å². The monoisotopic (exact) mass is 374 g/mol. The summed E-state index contributed by atoms with van der Waals surface area (Å²) in [6, 6.07) is 13.1. The van der Waals surface area contributed by atoms with Gasteiger partial charge in [-0.3, -0.25) is 10.0 Å². The van der Waals surface area contributed by atoms with Crippen LogP contribution in [0.2, 0.25) is 0 Å². The number of nitrogens with one attached hydrogen (secondary N) is 1. The van der Waals surface area contributed by atoms with E-state index in [1.807, 2.05) is 0 Å². The van der Waals surface area contributed by atoms with Crippen molar-refractivity contribution in [1.29, 1.82) is 0 Å². The number of carbonyl (C=O) groups is 1. The lowest BCUT2D eigenvalue weighted by atomic mass is 10.1. The van der Waals surface area contributed by atoms with Crippen molar-refractivity contribution in [2.45, 2.75) is 11.3 Å². The van der Waals surface area contributed by atoms with Gasteiger partial charge in [0.25, 0.3) is 5.91 Å². The summed E-state index contributed by atoms with van der Waals surface area (Å²) in [4.78, 5) is 11.5. The molecule has 1 aliphatic rings. The molecule has 0 radical (unpaired) electrons. The molecule has 0 aromatic heterocycles. The normalized spacial score (nSPS) is 15.3. The van der Waals surface area contributed by atoms with Crippen molar-refractivity contribution in [2.75, 3.05) is 13.1 Å². The molecule has 0 atom stereocenters. The van der Waals surface area contributed by atoms with E-state index >= 15 is 0 Å². The molecule has 26 heavy (non-hydrogen) atoms. The Hall–Kier alpha value is -2.68. The van der Waals surface area contributed by atoms with Crippen LogP contribution in [-0.2, 0) is 14.8 Å². The quantitative estimate of drug-likeness (QED) is 0.560. The Morgan fingerprint density at radius 1 is 1.00 bits per heavy atom. The summed E-state index contributed by atoms with van der Waals surface area (Å²) < 4.78 is 26.8. The van der Waals surface area contributed by atoms with Gasteiger partial charge in [-0.1, -0.05) is 30.3 Å². The molecule has 7 nitrogen and oxygen atoms in total. The van der Waals surface area contributed by atoms with Gasteiger partial charge < -0.3 is 5.11 Å². The zero-order valence-corrected chi connectivity index (χ0v) is 14.6. The van der Waals surface area contributed by atoms with Crippen LogP contribution in [-0.4, -0.2) is 42.0 Å². The average Bonchev–Trinajstić information content (AvgIpc) is 2.68. The Bertz CT molecular complexity index is 935. The molecule has 2 aromatic rings. The van der Waals surface area contributed by atoms with Gasteiger partial charge in [0.05, 0.1) is 4.90 Å². The molecule has 1 aliphatic heterocycles. The Balaban J connectivity index is 1.79. The van der Waals surface area contributed by atoms with Gasteiger partial charge in [0, 0.05) is 18.7 Å². The summed E-state index contributed by atoms with van der Waals surface area (Å²) in [5.41, 5.74) is 3.62. The standard InChI is InChI=1S/C18H18N2O5S/c21-16-5-1-13(2-6-16)14-3-7-17(8-4-14)26(24,25)20-11-9-15(10-12-20)18(22)19-23/h1-9,21,23H,10-12H2,(H,19,22). The zero-order chi connectivity index (χ0) is 18.7. The number of benzene rings is 2. The molecule has 0 fully saturated rings. The van der Waals surface area contributed by atoms with Crippen LogP contribution in [0.3, 0.4) is 0 Å². The minimum atomic E-state index is -3.67. The smallest absolute Gasteiger partial charge is 0.270 e. The highest BCUT2D eigenvalue weighted by Crippen LogP contribution is 2.25. The second kappa shape index (κ2) is 7.28. The lowest BCUT2D eigenvalue weighted by Crippen LogP contribution is -2.37. The van der Waals surface area contributed by atoms with Gasteiger partial charge in [-0.15, -0.1) is 0 Å². The number of hydroxylamine groups is 1. The number of nitrogens with zero attached hydrogens (tertiary/aromatic N) is 1. The summed E-state index contributed by atoms with van der Waals surface area (Å²) in [5, 5.41) is 18.0. The number of rotatable bonds is 4. The Labute approximate surface area is 151 Å². The number of hydrogen-bond donors (Lipinski definition) is 3. The number of carbonyl (C=O) groups excluding carboxylic acids is 1. The SMILES string of the molecule is O=C(NO)C1=CCN(S(=O)(=O)c2ccc(-c3ccc(O)cc3)cc2)CC1. The van der Waals surface area contributed by atoms with Crippen LogP contribution in [0, 0.1) is 0 Å². The molecule has 0 unspecified atom stereocenters. The highest BCUT2D eigenvalue weighted by Gasteiger charge is 2.27. The number of phenolic OH excluding ortho intramolecular Hbond substituents is 1.